The summed E-state index contributed by atoms with van der Waals surface area (Å²) in [6, 6.07) is 52.1. The molecular formula is C42H25N3O2. The zero-order valence-electron chi connectivity index (χ0n) is 25.1. The summed E-state index contributed by atoms with van der Waals surface area (Å²) in [4.78, 5) is 1.71. The van der Waals surface area contributed by atoms with Gasteiger partial charge in [-0.15, -0.1) is 10.2 Å². The van der Waals surface area contributed by atoms with Gasteiger partial charge in [0, 0.05) is 38.2 Å². The van der Waals surface area contributed by atoms with Gasteiger partial charge in [0.2, 0.25) is 0 Å². The standard InChI is InChI=1S/C42H25N3O2/c1-2-11-29(12-3-1)45-43-37-20-10-15-30(40(37)44-45)26-23-27(31-16-8-18-35-33-13-4-6-21-38(33)46-41(31)35)25-28(24-26)32-17-9-19-36-34-14-5-7-22-39(34)47-42(32)36/h1-25H. The Bertz CT molecular complexity index is 2670. The van der Waals surface area contributed by atoms with Crippen molar-refractivity contribution in [2.75, 3.05) is 0 Å². The van der Waals surface area contributed by atoms with E-state index in [1.54, 1.807) is 4.80 Å². The van der Waals surface area contributed by atoms with E-state index in [9.17, 15) is 0 Å². The second-order valence-electron chi connectivity index (χ2n) is 11.9. The summed E-state index contributed by atoms with van der Waals surface area (Å²) in [7, 11) is 0. The molecule has 0 radical (unpaired) electrons. The molecule has 47 heavy (non-hydrogen) atoms. The molecule has 0 amide bonds. The van der Waals surface area contributed by atoms with Crippen LogP contribution in [0.4, 0.5) is 0 Å². The van der Waals surface area contributed by atoms with Gasteiger partial charge in [-0.3, -0.25) is 0 Å². The molecule has 5 nitrogen and oxygen atoms in total. The van der Waals surface area contributed by atoms with Gasteiger partial charge in [-0.2, -0.15) is 4.80 Å². The van der Waals surface area contributed by atoms with Crippen LogP contribution in [0.1, 0.15) is 0 Å². The quantitative estimate of drug-likeness (QED) is 0.201. The first-order chi connectivity index (χ1) is 23.3. The van der Waals surface area contributed by atoms with E-state index >= 15 is 0 Å². The number of nitrogens with zero attached hydrogens (tertiary/aromatic N) is 3. The maximum Gasteiger partial charge on any atom is 0.143 e. The highest BCUT2D eigenvalue weighted by Crippen LogP contribution is 2.42. The first-order valence-electron chi connectivity index (χ1n) is 15.7. The molecule has 0 unspecified atom stereocenters. The van der Waals surface area contributed by atoms with Gasteiger partial charge >= 0.3 is 0 Å². The highest BCUT2D eigenvalue weighted by molar-refractivity contribution is 6.12. The fourth-order valence-electron chi connectivity index (χ4n) is 6.89. The van der Waals surface area contributed by atoms with Crippen molar-refractivity contribution in [3.8, 4) is 39.1 Å². The molecule has 0 atom stereocenters. The first-order valence-corrected chi connectivity index (χ1v) is 15.7. The van der Waals surface area contributed by atoms with Gasteiger partial charge in [-0.1, -0.05) is 103 Å². The molecule has 0 aliphatic carbocycles. The second-order valence-corrected chi connectivity index (χ2v) is 11.9. The average Bonchev–Trinajstić information content (AvgIpc) is 3.85. The SMILES string of the molecule is c1ccc(-n2nc3cccc(-c4cc(-c5cccc6c5oc5ccccc56)cc(-c5cccc6c5oc5ccccc56)c4)c3n2)cc1. The van der Waals surface area contributed by atoms with Gasteiger partial charge in [-0.05, 0) is 65.2 Å². The lowest BCUT2D eigenvalue weighted by Gasteiger charge is -2.12. The van der Waals surface area contributed by atoms with Crippen molar-refractivity contribution in [2.45, 2.75) is 0 Å². The van der Waals surface area contributed by atoms with Crippen molar-refractivity contribution in [3.05, 3.63) is 152 Å². The van der Waals surface area contributed by atoms with Crippen molar-refractivity contribution in [3.63, 3.8) is 0 Å². The maximum atomic E-state index is 6.52. The highest BCUT2D eigenvalue weighted by atomic mass is 16.3. The minimum Gasteiger partial charge on any atom is -0.455 e. The predicted octanol–water partition coefficient (Wildman–Crippen LogP) is 11.2. The Hall–Kier alpha value is -6.46. The molecule has 0 bridgehead atoms. The van der Waals surface area contributed by atoms with Gasteiger partial charge in [0.25, 0.3) is 0 Å². The normalized spacial score (nSPS) is 11.8. The maximum absolute atomic E-state index is 6.52. The number of hydrogen-bond acceptors (Lipinski definition) is 4. The molecule has 7 aromatic carbocycles. The molecule has 0 N–H and O–H groups in total. The van der Waals surface area contributed by atoms with Gasteiger partial charge in [0.1, 0.15) is 33.4 Å². The van der Waals surface area contributed by atoms with Crippen molar-refractivity contribution in [1.29, 1.82) is 0 Å². The van der Waals surface area contributed by atoms with Crippen LogP contribution in [-0.2, 0) is 0 Å². The lowest BCUT2D eigenvalue weighted by Crippen LogP contribution is -1.97. The minimum atomic E-state index is 0.831. The van der Waals surface area contributed by atoms with E-state index in [1.807, 2.05) is 66.7 Å². The van der Waals surface area contributed by atoms with Crippen LogP contribution in [0.5, 0.6) is 0 Å². The molecule has 3 aromatic heterocycles. The van der Waals surface area contributed by atoms with Crippen LogP contribution >= 0.6 is 0 Å². The third-order valence-electron chi connectivity index (χ3n) is 9.07. The monoisotopic (exact) mass is 603 g/mol. The molecule has 10 aromatic rings. The van der Waals surface area contributed by atoms with Gasteiger partial charge in [0.05, 0.1) is 5.69 Å². The number of benzene rings is 7. The van der Waals surface area contributed by atoms with Crippen LogP contribution < -0.4 is 0 Å². The minimum absolute atomic E-state index is 0.831. The molecule has 0 aliphatic heterocycles. The van der Waals surface area contributed by atoms with Crippen LogP contribution in [0.15, 0.2) is 160 Å². The Labute approximate surface area is 268 Å². The lowest BCUT2D eigenvalue weighted by molar-refractivity contribution is 0.670. The molecule has 0 saturated heterocycles. The largest absolute Gasteiger partial charge is 0.455 e. The third kappa shape index (κ3) is 4.03. The second kappa shape index (κ2) is 10.0. The molecule has 5 heteroatoms. The van der Waals surface area contributed by atoms with E-state index in [0.29, 0.717) is 0 Å². The van der Waals surface area contributed by atoms with E-state index in [1.165, 1.54) is 0 Å². The van der Waals surface area contributed by atoms with Crippen molar-refractivity contribution < 1.29 is 8.83 Å². The van der Waals surface area contributed by atoms with Crippen LogP contribution in [-0.4, -0.2) is 15.0 Å². The molecule has 220 valence electrons. The van der Waals surface area contributed by atoms with Gasteiger partial charge in [-0.25, -0.2) is 0 Å². The fourth-order valence-corrected chi connectivity index (χ4v) is 6.89. The molecule has 3 heterocycles. The van der Waals surface area contributed by atoms with Gasteiger partial charge in [0.15, 0.2) is 0 Å². The molecule has 0 fully saturated rings. The van der Waals surface area contributed by atoms with E-state index in [4.69, 9.17) is 19.0 Å². The third-order valence-corrected chi connectivity index (χ3v) is 9.07. The number of fused-ring (bicyclic) bond motifs is 7. The summed E-state index contributed by atoms with van der Waals surface area (Å²) < 4.78 is 13.0. The van der Waals surface area contributed by atoms with E-state index < -0.39 is 0 Å². The summed E-state index contributed by atoms with van der Waals surface area (Å²) in [6.07, 6.45) is 0. The zero-order valence-corrected chi connectivity index (χ0v) is 25.1. The summed E-state index contributed by atoms with van der Waals surface area (Å²) in [5.74, 6) is 0. The van der Waals surface area contributed by atoms with E-state index in [2.05, 4.69) is 84.9 Å². The Morgan fingerprint density at radius 3 is 1.51 bits per heavy atom. The Morgan fingerprint density at radius 1 is 0.404 bits per heavy atom. The number of furan rings is 2. The van der Waals surface area contributed by atoms with Crippen LogP contribution in [0, 0.1) is 0 Å². The lowest BCUT2D eigenvalue weighted by atomic mass is 9.91. The Balaban J connectivity index is 1.26. The summed E-state index contributed by atoms with van der Waals surface area (Å²) in [5.41, 5.74) is 12.2. The summed E-state index contributed by atoms with van der Waals surface area (Å²) in [5, 5.41) is 14.2. The predicted molar refractivity (Wildman–Crippen MR) is 190 cm³/mol. The van der Waals surface area contributed by atoms with E-state index in [-0.39, 0.29) is 0 Å². The van der Waals surface area contributed by atoms with Crippen LogP contribution in [0.2, 0.25) is 0 Å². The van der Waals surface area contributed by atoms with Gasteiger partial charge < -0.3 is 8.83 Å². The molecule has 0 saturated carbocycles. The molecule has 10 rings (SSSR count). The summed E-state index contributed by atoms with van der Waals surface area (Å²) in [6.45, 7) is 0. The van der Waals surface area contributed by atoms with Crippen molar-refractivity contribution in [1.82, 2.24) is 15.0 Å². The van der Waals surface area contributed by atoms with Crippen LogP contribution in [0.25, 0.3) is 94.0 Å². The molecule has 0 aliphatic rings. The molecular weight excluding hydrogens is 578 g/mol. The fraction of sp³-hybridized carbons (Fsp3) is 0. The van der Waals surface area contributed by atoms with Crippen molar-refractivity contribution in [2.24, 2.45) is 0 Å². The van der Waals surface area contributed by atoms with Crippen LogP contribution in [0.3, 0.4) is 0 Å². The number of rotatable bonds is 4. The Kier molecular flexibility index (Phi) is 5.51. The number of para-hydroxylation sites is 5. The topological polar surface area (TPSA) is 57.0 Å². The van der Waals surface area contributed by atoms with Crippen molar-refractivity contribution >= 4 is 54.9 Å². The Morgan fingerprint density at radius 2 is 0.894 bits per heavy atom. The first kappa shape index (κ1) is 25.8. The summed E-state index contributed by atoms with van der Waals surface area (Å²) >= 11 is 0. The average molecular weight is 604 g/mol. The number of aromatic nitrogens is 3. The smallest absolute Gasteiger partial charge is 0.143 e. The highest BCUT2D eigenvalue weighted by Gasteiger charge is 2.19. The molecule has 0 spiro atoms. The number of hydrogen-bond donors (Lipinski definition) is 0. The van der Waals surface area contributed by atoms with E-state index in [0.717, 1.165) is 94.0 Å². The zero-order chi connectivity index (χ0) is 30.9.